The standard InChI is InChI=1S/C6H10O3S2/c1-4(7)6(10-2,11-3)5(8)9/h1-3H3,(H,8,9)/p-1. The van der Waals surface area contributed by atoms with Crippen molar-refractivity contribution in [2.24, 2.45) is 0 Å². The van der Waals surface area contributed by atoms with Crippen LogP contribution in [0.5, 0.6) is 0 Å². The van der Waals surface area contributed by atoms with Crippen LogP contribution in [-0.4, -0.2) is 28.3 Å². The zero-order chi connectivity index (χ0) is 9.07. The zero-order valence-corrected chi connectivity index (χ0v) is 8.17. The van der Waals surface area contributed by atoms with E-state index in [-0.39, 0.29) is 0 Å². The van der Waals surface area contributed by atoms with E-state index in [1.807, 2.05) is 0 Å². The van der Waals surface area contributed by atoms with Crippen LogP contribution in [0, 0.1) is 0 Å². The molecule has 0 rings (SSSR count). The Morgan fingerprint density at radius 1 is 1.27 bits per heavy atom. The number of carbonyl (C=O) groups is 2. The molecule has 0 fully saturated rings. The lowest BCUT2D eigenvalue weighted by Gasteiger charge is -2.27. The quantitative estimate of drug-likeness (QED) is 0.455. The van der Waals surface area contributed by atoms with Crippen LogP contribution in [0.15, 0.2) is 0 Å². The van der Waals surface area contributed by atoms with Gasteiger partial charge in [0.05, 0.1) is 5.97 Å². The van der Waals surface area contributed by atoms with E-state index in [1.165, 1.54) is 6.92 Å². The van der Waals surface area contributed by atoms with Gasteiger partial charge >= 0.3 is 0 Å². The molecule has 11 heavy (non-hydrogen) atoms. The highest BCUT2D eigenvalue weighted by Crippen LogP contribution is 2.33. The maximum Gasteiger partial charge on any atom is 0.161 e. The van der Waals surface area contributed by atoms with Crippen LogP contribution in [0.1, 0.15) is 6.92 Å². The van der Waals surface area contributed by atoms with Crippen LogP contribution in [0.25, 0.3) is 0 Å². The van der Waals surface area contributed by atoms with Gasteiger partial charge in [-0.15, -0.1) is 23.5 Å². The van der Waals surface area contributed by atoms with Crippen LogP contribution in [0.3, 0.4) is 0 Å². The fourth-order valence-corrected chi connectivity index (χ4v) is 2.26. The van der Waals surface area contributed by atoms with Gasteiger partial charge in [-0.2, -0.15) is 0 Å². The van der Waals surface area contributed by atoms with Gasteiger partial charge in [0.1, 0.15) is 0 Å². The minimum Gasteiger partial charge on any atom is -0.547 e. The number of carboxylic acids is 1. The Hall–Kier alpha value is -0.160. The molecule has 0 aliphatic carbocycles. The van der Waals surface area contributed by atoms with Crippen molar-refractivity contribution in [3.8, 4) is 0 Å². The Kier molecular flexibility index (Phi) is 3.96. The summed E-state index contributed by atoms with van der Waals surface area (Å²) >= 11 is 1.97. The van der Waals surface area contributed by atoms with E-state index in [1.54, 1.807) is 12.5 Å². The van der Waals surface area contributed by atoms with E-state index in [9.17, 15) is 14.7 Å². The Morgan fingerprint density at radius 3 is 1.64 bits per heavy atom. The van der Waals surface area contributed by atoms with Crippen molar-refractivity contribution < 1.29 is 14.7 Å². The van der Waals surface area contributed by atoms with Crippen LogP contribution >= 0.6 is 23.5 Å². The lowest BCUT2D eigenvalue weighted by Crippen LogP contribution is -2.47. The highest BCUT2D eigenvalue weighted by molar-refractivity contribution is 8.19. The maximum atomic E-state index is 10.9. The molecular formula is C6H9O3S2-. The van der Waals surface area contributed by atoms with Gasteiger partial charge in [-0.05, 0) is 19.4 Å². The molecular weight excluding hydrogens is 184 g/mol. The van der Waals surface area contributed by atoms with Crippen molar-refractivity contribution in [2.45, 2.75) is 11.0 Å². The summed E-state index contributed by atoms with van der Waals surface area (Å²) < 4.78 is -1.42. The van der Waals surface area contributed by atoms with Gasteiger partial charge in [-0.1, -0.05) is 0 Å². The van der Waals surface area contributed by atoms with E-state index in [0.717, 1.165) is 23.5 Å². The first-order valence-corrected chi connectivity index (χ1v) is 5.29. The molecule has 0 aliphatic rings. The SMILES string of the molecule is CSC(SC)(C(C)=O)C(=O)[O-]. The Bertz CT molecular complexity index is 159. The Morgan fingerprint density at radius 2 is 1.64 bits per heavy atom. The van der Waals surface area contributed by atoms with Crippen molar-refractivity contribution >= 4 is 35.3 Å². The fourth-order valence-electron chi connectivity index (χ4n) is 0.681. The third kappa shape index (κ3) is 1.90. The number of aliphatic carboxylic acids is 1. The number of ketones is 1. The topological polar surface area (TPSA) is 57.2 Å². The van der Waals surface area contributed by atoms with Crippen LogP contribution in [0.4, 0.5) is 0 Å². The van der Waals surface area contributed by atoms with Crippen molar-refractivity contribution in [2.75, 3.05) is 12.5 Å². The monoisotopic (exact) mass is 193 g/mol. The van der Waals surface area contributed by atoms with Gasteiger partial charge in [-0.3, -0.25) is 4.79 Å². The molecule has 0 saturated heterocycles. The van der Waals surface area contributed by atoms with Crippen molar-refractivity contribution in [1.82, 2.24) is 0 Å². The van der Waals surface area contributed by atoms with Crippen molar-refractivity contribution in [1.29, 1.82) is 0 Å². The summed E-state index contributed by atoms with van der Waals surface area (Å²) in [6.07, 6.45) is 3.15. The molecule has 64 valence electrons. The van der Waals surface area contributed by atoms with E-state index in [2.05, 4.69) is 0 Å². The summed E-state index contributed by atoms with van der Waals surface area (Å²) in [7, 11) is 0. The van der Waals surface area contributed by atoms with Gasteiger partial charge < -0.3 is 9.90 Å². The number of hydrogen-bond acceptors (Lipinski definition) is 5. The summed E-state index contributed by atoms with van der Waals surface area (Å²) in [4.78, 5) is 21.5. The highest BCUT2D eigenvalue weighted by atomic mass is 32.2. The summed E-state index contributed by atoms with van der Waals surface area (Å²) in [6.45, 7) is 1.25. The van der Waals surface area contributed by atoms with Gasteiger partial charge in [0, 0.05) is 0 Å². The molecule has 0 aromatic rings. The molecule has 0 N–H and O–H groups in total. The predicted octanol–water partition coefficient (Wildman–Crippen LogP) is -0.252. The second-order valence-corrected chi connectivity index (χ2v) is 4.17. The second-order valence-electron chi connectivity index (χ2n) is 1.87. The molecule has 0 spiro atoms. The number of rotatable bonds is 4. The second kappa shape index (κ2) is 4.01. The number of hydrogen-bond donors (Lipinski definition) is 0. The minimum absolute atomic E-state index is 0.391. The smallest absolute Gasteiger partial charge is 0.161 e. The zero-order valence-electron chi connectivity index (χ0n) is 6.54. The third-order valence-electron chi connectivity index (χ3n) is 1.31. The third-order valence-corrected chi connectivity index (χ3v) is 4.37. The highest BCUT2D eigenvalue weighted by Gasteiger charge is 2.35. The van der Waals surface area contributed by atoms with Crippen LogP contribution in [-0.2, 0) is 9.59 Å². The van der Waals surface area contributed by atoms with Gasteiger partial charge in [-0.25, -0.2) is 0 Å². The molecule has 0 aromatic heterocycles. The number of carboxylic acid groups (broad SMARTS) is 1. The van der Waals surface area contributed by atoms with Crippen LogP contribution < -0.4 is 5.11 Å². The van der Waals surface area contributed by atoms with Gasteiger partial charge in [0.2, 0.25) is 0 Å². The molecule has 0 heterocycles. The summed E-state index contributed by atoms with van der Waals surface area (Å²) in [6, 6.07) is 0. The number of Topliss-reactive ketones (excluding diaryl/α,β-unsaturated/α-hetero) is 1. The number of thioether (sulfide) groups is 2. The van der Waals surface area contributed by atoms with Crippen molar-refractivity contribution in [3.05, 3.63) is 0 Å². The minimum atomic E-state index is -1.42. The predicted molar refractivity (Wildman–Crippen MR) is 45.4 cm³/mol. The summed E-state index contributed by atoms with van der Waals surface area (Å²) in [5.74, 6) is -1.72. The first-order valence-electron chi connectivity index (χ1n) is 2.84. The molecule has 0 amide bonds. The molecule has 0 bridgehead atoms. The number of carbonyl (C=O) groups excluding carboxylic acids is 2. The van der Waals surface area contributed by atoms with E-state index < -0.39 is 15.8 Å². The molecule has 3 nitrogen and oxygen atoms in total. The largest absolute Gasteiger partial charge is 0.547 e. The van der Waals surface area contributed by atoms with Crippen molar-refractivity contribution in [3.63, 3.8) is 0 Å². The first-order chi connectivity index (χ1) is 5.01. The molecule has 0 aromatic carbocycles. The Labute approximate surface area is 73.9 Å². The lowest BCUT2D eigenvalue weighted by atomic mass is 10.3. The maximum absolute atomic E-state index is 10.9. The average molecular weight is 193 g/mol. The molecule has 5 heteroatoms. The summed E-state index contributed by atoms with van der Waals surface area (Å²) in [5, 5.41) is 10.6. The van der Waals surface area contributed by atoms with Gasteiger partial charge in [0.15, 0.2) is 9.86 Å². The molecule has 0 atom stereocenters. The van der Waals surface area contributed by atoms with E-state index in [0.29, 0.717) is 0 Å². The van der Waals surface area contributed by atoms with E-state index >= 15 is 0 Å². The summed E-state index contributed by atoms with van der Waals surface area (Å²) in [5.41, 5.74) is 0. The lowest BCUT2D eigenvalue weighted by molar-refractivity contribution is -0.304. The Balaban J connectivity index is 4.76. The molecule has 0 aliphatic heterocycles. The normalized spacial score (nSPS) is 11.2. The van der Waals surface area contributed by atoms with E-state index in [4.69, 9.17) is 0 Å². The van der Waals surface area contributed by atoms with Gasteiger partial charge in [0.25, 0.3) is 0 Å². The molecule has 0 unspecified atom stereocenters. The fraction of sp³-hybridized carbons (Fsp3) is 0.667. The first kappa shape index (κ1) is 10.8. The van der Waals surface area contributed by atoms with Crippen LogP contribution in [0.2, 0.25) is 0 Å². The molecule has 0 radical (unpaired) electrons. The molecule has 0 saturated carbocycles. The average Bonchev–Trinajstić information content (AvgIpc) is 1.90.